The zero-order valence-electron chi connectivity index (χ0n) is 52.0. The number of ether oxygens (including phenoxy) is 6. The molecule has 88 heavy (non-hydrogen) atoms. The molecule has 1 aliphatic carbocycles. The van der Waals surface area contributed by atoms with Crippen LogP contribution in [-0.2, 0) is 87.6 Å². The Morgan fingerprint density at radius 2 is 1.18 bits per heavy atom. The van der Waals surface area contributed by atoms with Crippen LogP contribution in [0.15, 0.2) is 42.9 Å². The Labute approximate surface area is 516 Å². The van der Waals surface area contributed by atoms with Crippen LogP contribution in [0.5, 0.6) is 0 Å². The molecule has 2 aromatic rings. The molecule has 1 heterocycles. The number of carbonyl (C=O) groups is 11. The first kappa shape index (κ1) is 75.8. The fraction of sp³-hybridized carbons (Fsp3) is 0.683. The zero-order chi connectivity index (χ0) is 64.5. The van der Waals surface area contributed by atoms with Crippen LogP contribution in [0.4, 0.5) is 0 Å². The lowest BCUT2D eigenvalue weighted by atomic mass is 9.75. The van der Waals surface area contributed by atoms with Gasteiger partial charge in [-0.1, -0.05) is 57.0 Å². The molecular formula is C63H97N7O18. The van der Waals surface area contributed by atoms with E-state index in [1.54, 1.807) is 20.0 Å². The van der Waals surface area contributed by atoms with E-state index in [0.29, 0.717) is 96.2 Å². The third kappa shape index (κ3) is 34.3. The molecule has 6 atom stereocenters. The predicted octanol–water partition coefficient (Wildman–Crippen LogP) is 3.67. The topological polar surface area (TPSA) is 366 Å². The van der Waals surface area contributed by atoms with Crippen LogP contribution in [0.1, 0.15) is 148 Å². The third-order valence-electron chi connectivity index (χ3n) is 14.9. The summed E-state index contributed by atoms with van der Waals surface area (Å²) >= 11 is 0. The summed E-state index contributed by atoms with van der Waals surface area (Å²) in [7, 11) is 0. The molecule has 1 aromatic carbocycles. The normalized spacial score (nSPS) is 15.1. The smallest absolute Gasteiger partial charge is 0.326 e. The van der Waals surface area contributed by atoms with E-state index in [2.05, 4.69) is 31.2 Å². The van der Waals surface area contributed by atoms with E-state index < -0.39 is 35.3 Å². The summed E-state index contributed by atoms with van der Waals surface area (Å²) < 4.78 is 32.5. The van der Waals surface area contributed by atoms with E-state index in [1.807, 2.05) is 30.3 Å². The number of H-pyrrole nitrogens is 1. The number of nitrogens with two attached hydrogens (primary N) is 1. The molecule has 0 spiro atoms. The van der Waals surface area contributed by atoms with Crippen molar-refractivity contribution in [3.8, 4) is 0 Å². The number of imidazole rings is 1. The van der Waals surface area contributed by atoms with Gasteiger partial charge in [0.25, 0.3) is 0 Å². The summed E-state index contributed by atoms with van der Waals surface area (Å²) in [6.07, 6.45) is 8.11. The molecule has 25 heteroatoms. The monoisotopic (exact) mass is 1240 g/mol. The standard InChI is InChI=1S/C63H97N7O18/c1-44(71)14-12-25-83-28-31-86-40-58(77)67-23-11-9-18-48(35-57(76)63(3,4)38-56(75)53(64)36-49-39-65-43-69-49)55(74)34-47(45(2)72)17-8-10-22-66-59(78)41-88-33-30-85-27-24-68-60(79)42-87-32-29-84-26-13-19-50(73)20-21-54(62(81)82)70-61(80)52-37-51(52)46-15-6-5-7-16-46/h5-7,15-16,39,43,47-48,51-54H,8-14,17-38,40-42,64H2,1-4H3,(H,65,69)(H,66,78)(H,67,77)(H,68,79)(H,70,80)(H,81,82)/t47-,48-,51?,52?,53+,54+/m1/s1. The van der Waals surface area contributed by atoms with Gasteiger partial charge in [0.05, 0.1) is 58.6 Å². The first-order valence-electron chi connectivity index (χ1n) is 30.8. The molecule has 0 bridgehead atoms. The van der Waals surface area contributed by atoms with Crippen molar-refractivity contribution >= 4 is 64.3 Å². The van der Waals surface area contributed by atoms with E-state index in [1.165, 1.54) is 20.2 Å². The van der Waals surface area contributed by atoms with E-state index in [0.717, 1.165) is 5.56 Å². The van der Waals surface area contributed by atoms with Crippen LogP contribution in [0.25, 0.3) is 0 Å². The molecule has 4 amide bonds. The van der Waals surface area contributed by atoms with Gasteiger partial charge in [0, 0.05) is 113 Å². The summed E-state index contributed by atoms with van der Waals surface area (Å²) in [5, 5.41) is 20.4. The number of unbranched alkanes of at least 4 members (excludes halogenated alkanes) is 2. The van der Waals surface area contributed by atoms with Crippen LogP contribution in [0.3, 0.4) is 0 Å². The Balaban J connectivity index is 1.24. The highest BCUT2D eigenvalue weighted by Crippen LogP contribution is 2.47. The van der Waals surface area contributed by atoms with Crippen LogP contribution < -0.4 is 27.0 Å². The van der Waals surface area contributed by atoms with E-state index in [4.69, 9.17) is 34.2 Å². The molecule has 3 rings (SSSR count). The van der Waals surface area contributed by atoms with Gasteiger partial charge in [-0.25, -0.2) is 9.78 Å². The van der Waals surface area contributed by atoms with E-state index in [-0.39, 0.29) is 188 Å². The average molecular weight is 1240 g/mol. The van der Waals surface area contributed by atoms with Gasteiger partial charge in [-0.3, -0.25) is 43.2 Å². The lowest BCUT2D eigenvalue weighted by molar-refractivity contribution is -0.142. The Bertz CT molecular complexity index is 2460. The van der Waals surface area contributed by atoms with Gasteiger partial charge in [0.1, 0.15) is 54.8 Å². The van der Waals surface area contributed by atoms with Gasteiger partial charge in [-0.2, -0.15) is 0 Å². The molecule has 492 valence electrons. The lowest BCUT2D eigenvalue weighted by Crippen LogP contribution is -2.42. The number of carboxylic acid groups (broad SMARTS) is 1. The highest BCUT2D eigenvalue weighted by Gasteiger charge is 2.45. The number of Topliss-reactive ketones (excluding diaryl/α,β-unsaturated/α-hetero) is 6. The second-order valence-corrected chi connectivity index (χ2v) is 23.0. The summed E-state index contributed by atoms with van der Waals surface area (Å²) in [4.78, 5) is 145. The molecule has 0 radical (unpaired) electrons. The Morgan fingerprint density at radius 3 is 1.73 bits per heavy atom. The molecular weight excluding hydrogens is 1140 g/mol. The lowest BCUT2D eigenvalue weighted by Gasteiger charge is -2.27. The van der Waals surface area contributed by atoms with Gasteiger partial charge in [0.15, 0.2) is 5.78 Å². The van der Waals surface area contributed by atoms with Gasteiger partial charge < -0.3 is 70.3 Å². The van der Waals surface area contributed by atoms with Gasteiger partial charge in [-0.15, -0.1) is 0 Å². The Kier molecular flexibility index (Phi) is 37.9. The number of carbonyl (C=O) groups excluding carboxylic acids is 10. The summed E-state index contributed by atoms with van der Waals surface area (Å²) in [5.74, 6) is -5.06. The number of nitrogens with zero attached hydrogens (tertiary/aromatic N) is 1. The van der Waals surface area contributed by atoms with Crippen molar-refractivity contribution in [3.05, 3.63) is 54.1 Å². The van der Waals surface area contributed by atoms with E-state index in [9.17, 15) is 57.8 Å². The number of aliphatic carboxylic acids is 1. The second-order valence-electron chi connectivity index (χ2n) is 23.0. The summed E-state index contributed by atoms with van der Waals surface area (Å²) in [6, 6.07) is 7.59. The van der Waals surface area contributed by atoms with Crippen molar-refractivity contribution in [2.24, 2.45) is 28.9 Å². The number of carboxylic acids is 1. The van der Waals surface area contributed by atoms with E-state index >= 15 is 0 Å². The second kappa shape index (κ2) is 44.0. The van der Waals surface area contributed by atoms with Crippen molar-refractivity contribution in [2.45, 2.75) is 155 Å². The quantitative estimate of drug-likeness (QED) is 0.0465. The number of aromatic nitrogens is 2. The predicted molar refractivity (Wildman–Crippen MR) is 322 cm³/mol. The van der Waals surface area contributed by atoms with Crippen molar-refractivity contribution in [1.82, 2.24) is 31.2 Å². The SMILES string of the molecule is CC(=O)CCCOCCOCC(=O)NCCCC[C@H](CC(=O)C(C)(C)CC(=O)[C@@H](N)Cc1cnc[nH]1)C(=O)C[C@@H](CCCCNC(=O)COCCOCCNC(=O)COCCOCCCC(=O)CC[C@H](NC(=O)C1CC1c1ccccc1)C(=O)O)C(C)=O. The van der Waals surface area contributed by atoms with Gasteiger partial charge in [0.2, 0.25) is 23.6 Å². The van der Waals surface area contributed by atoms with Crippen molar-refractivity contribution in [2.75, 3.05) is 98.9 Å². The largest absolute Gasteiger partial charge is 0.480 e. The van der Waals surface area contributed by atoms with Crippen molar-refractivity contribution < 1.29 is 86.3 Å². The molecule has 1 fully saturated rings. The Morgan fingerprint density at radius 1 is 0.636 bits per heavy atom. The van der Waals surface area contributed by atoms with Gasteiger partial charge >= 0.3 is 5.97 Å². The first-order chi connectivity index (χ1) is 42.2. The molecule has 1 saturated carbocycles. The number of nitrogens with one attached hydrogen (secondary N) is 5. The maximum atomic E-state index is 14.0. The summed E-state index contributed by atoms with van der Waals surface area (Å²) in [6.45, 7) is 8.63. The van der Waals surface area contributed by atoms with Crippen LogP contribution >= 0.6 is 0 Å². The number of hydrogen-bond donors (Lipinski definition) is 7. The number of rotatable bonds is 55. The fourth-order valence-corrected chi connectivity index (χ4v) is 9.52. The zero-order valence-corrected chi connectivity index (χ0v) is 52.0. The molecule has 2 unspecified atom stereocenters. The first-order valence-corrected chi connectivity index (χ1v) is 30.8. The molecule has 25 nitrogen and oxygen atoms in total. The number of amides is 4. The van der Waals surface area contributed by atoms with Gasteiger partial charge in [-0.05, 0) is 76.7 Å². The van der Waals surface area contributed by atoms with Crippen molar-refractivity contribution in [1.29, 1.82) is 0 Å². The fourth-order valence-electron chi connectivity index (χ4n) is 9.52. The molecule has 0 aliphatic heterocycles. The molecule has 1 aromatic heterocycles. The highest BCUT2D eigenvalue weighted by atomic mass is 16.5. The molecule has 1 aliphatic rings. The van der Waals surface area contributed by atoms with Crippen molar-refractivity contribution in [3.63, 3.8) is 0 Å². The molecule has 0 saturated heterocycles. The third-order valence-corrected chi connectivity index (χ3v) is 14.9. The minimum absolute atomic E-state index is 0.00371. The summed E-state index contributed by atoms with van der Waals surface area (Å²) in [5.41, 5.74) is 6.80. The number of aromatic amines is 1. The average Bonchev–Trinajstić information content (AvgIpc) is 2.88. The Hall–Kier alpha value is -6.48. The van der Waals surface area contributed by atoms with Crippen LogP contribution in [0.2, 0.25) is 0 Å². The van der Waals surface area contributed by atoms with Crippen LogP contribution in [0, 0.1) is 23.2 Å². The van der Waals surface area contributed by atoms with Crippen LogP contribution in [-0.4, -0.2) is 190 Å². The number of ketones is 6. The minimum atomic E-state index is -1.18. The number of hydrogen-bond acceptors (Lipinski definition) is 19. The minimum Gasteiger partial charge on any atom is -0.480 e. The highest BCUT2D eigenvalue weighted by molar-refractivity contribution is 5.96. The molecule has 8 N–H and O–H groups in total. The number of benzene rings is 1. The maximum Gasteiger partial charge on any atom is 0.326 e. The maximum absolute atomic E-state index is 14.0.